The molecule has 0 unspecified atom stereocenters. The van der Waals surface area contributed by atoms with E-state index in [4.69, 9.17) is 35.3 Å². The van der Waals surface area contributed by atoms with Crippen LogP contribution in [0.25, 0.3) is 0 Å². The second-order valence-electron chi connectivity index (χ2n) is 14.3. The third kappa shape index (κ3) is 8.34. The van der Waals surface area contributed by atoms with Crippen LogP contribution in [0.4, 0.5) is 0 Å². The van der Waals surface area contributed by atoms with Gasteiger partial charge in [0, 0.05) is 12.3 Å². The molecule has 13 heteroatoms. The van der Waals surface area contributed by atoms with Gasteiger partial charge in [-0.05, 0) is 72.4 Å². The summed E-state index contributed by atoms with van der Waals surface area (Å²) in [5, 5.41) is -0.142. The predicted octanol–water partition coefficient (Wildman–Crippen LogP) is 6.41. The smallest absolute Gasteiger partial charge is 0.333 e. The van der Waals surface area contributed by atoms with Crippen molar-refractivity contribution >= 4 is 45.0 Å². The van der Waals surface area contributed by atoms with Crippen LogP contribution in [0.15, 0.2) is 46.1 Å². The molecule has 0 N–H and O–H groups in total. The highest BCUT2D eigenvalue weighted by Crippen LogP contribution is 2.43. The quantitative estimate of drug-likeness (QED) is 0.208. The topological polar surface area (TPSA) is 90.2 Å². The van der Waals surface area contributed by atoms with Gasteiger partial charge in [0.25, 0.3) is 5.56 Å². The summed E-state index contributed by atoms with van der Waals surface area (Å²) in [6, 6.07) is 8.65. The predicted molar refractivity (Wildman–Crippen MR) is 187 cm³/mol. The normalized spacial score (nSPS) is 21.4. The van der Waals surface area contributed by atoms with Gasteiger partial charge < -0.3 is 23.1 Å². The first-order chi connectivity index (χ1) is 20.2. The van der Waals surface area contributed by atoms with E-state index in [0.29, 0.717) is 10.1 Å². The minimum absolute atomic E-state index is 0.0130. The molecule has 3 rings (SSSR count). The van der Waals surface area contributed by atoms with Crippen molar-refractivity contribution in [3.63, 3.8) is 0 Å². The van der Waals surface area contributed by atoms with Crippen LogP contribution < -0.4 is 16.0 Å². The van der Waals surface area contributed by atoms with Crippen molar-refractivity contribution in [2.75, 3.05) is 20.0 Å². The van der Waals surface area contributed by atoms with Gasteiger partial charge in [0.15, 0.2) is 29.0 Å². The summed E-state index contributed by atoms with van der Waals surface area (Å²) in [4.78, 5) is 27.0. The maximum atomic E-state index is 14.0. The Bertz CT molecular complexity index is 1410. The third-order valence-electron chi connectivity index (χ3n) is 9.21. The third-order valence-corrected chi connectivity index (χ3v) is 19.2. The summed E-state index contributed by atoms with van der Waals surface area (Å²) in [7, 11) is -2.98. The Morgan fingerprint density at radius 2 is 1.55 bits per heavy atom. The molecule has 1 aromatic heterocycles. The van der Waals surface area contributed by atoms with Crippen LogP contribution in [-0.4, -0.2) is 68.4 Å². The number of hydrogen-bond donors (Lipinski definition) is 0. The molecule has 0 amide bonds. The Morgan fingerprint density at radius 3 is 2.07 bits per heavy atom. The highest BCUT2D eigenvalue weighted by atomic mass is 32.2. The molecule has 0 saturated carbocycles. The number of thioether (sulfide) groups is 1. The van der Waals surface area contributed by atoms with E-state index in [0.717, 1.165) is 5.56 Å². The molecule has 9 nitrogen and oxygen atoms in total. The van der Waals surface area contributed by atoms with E-state index in [1.54, 1.807) is 19.2 Å². The molecule has 1 aromatic carbocycles. The van der Waals surface area contributed by atoms with Gasteiger partial charge >= 0.3 is 5.69 Å². The van der Waals surface area contributed by atoms with Crippen molar-refractivity contribution < 1.29 is 23.1 Å². The summed E-state index contributed by atoms with van der Waals surface area (Å²) < 4.78 is 34.9. The van der Waals surface area contributed by atoms with Gasteiger partial charge in [-0.3, -0.25) is 13.9 Å². The van der Waals surface area contributed by atoms with Gasteiger partial charge in [-0.1, -0.05) is 65.4 Å². The second-order valence-corrected chi connectivity index (χ2v) is 25.3. The van der Waals surface area contributed by atoms with Crippen molar-refractivity contribution in [2.45, 2.75) is 109 Å². The number of rotatable bonds is 10. The number of thiocarbonyl (C=S) groups is 1. The van der Waals surface area contributed by atoms with Crippen LogP contribution in [0.2, 0.25) is 36.3 Å². The largest absolute Gasteiger partial charge is 0.497 e. The lowest BCUT2D eigenvalue weighted by Crippen LogP contribution is -2.51. The van der Waals surface area contributed by atoms with Crippen LogP contribution in [0.3, 0.4) is 0 Å². The Kier molecular flexibility index (Phi) is 11.6. The fourth-order valence-corrected chi connectivity index (χ4v) is 6.92. The van der Waals surface area contributed by atoms with Gasteiger partial charge in [0.1, 0.15) is 18.0 Å². The standard InChI is InChI=1S/C31H50N2O7S2Si2/c1-30(2,3)43(9,10)37-20-23-25(39-29(41)42-8)26(40-44(11,12)31(4,5)6)27(38-23)32-18-17-24(34)33(28(32)35)19-21-13-15-22(36-7)16-14-21/h13-18,23,25-27H,19-20H2,1-12H3/t23-,25-,26-,27-/m1/s1. The summed E-state index contributed by atoms with van der Waals surface area (Å²) in [6.07, 6.45) is 0.597. The van der Waals surface area contributed by atoms with E-state index in [2.05, 4.69) is 67.7 Å². The van der Waals surface area contributed by atoms with Gasteiger partial charge in [0.05, 0.1) is 20.3 Å². The average molecular weight is 683 g/mol. The lowest BCUT2D eigenvalue weighted by atomic mass is 10.1. The Morgan fingerprint density at radius 1 is 0.955 bits per heavy atom. The Labute approximate surface area is 273 Å². The first kappa shape index (κ1) is 36.7. The minimum atomic E-state index is -2.42. The number of ether oxygens (including phenoxy) is 3. The van der Waals surface area contributed by atoms with Crippen LogP contribution in [0.1, 0.15) is 53.3 Å². The maximum Gasteiger partial charge on any atom is 0.333 e. The van der Waals surface area contributed by atoms with E-state index in [9.17, 15) is 9.59 Å². The zero-order chi connectivity index (χ0) is 33.3. The molecule has 0 radical (unpaired) electrons. The maximum absolute atomic E-state index is 14.0. The highest BCUT2D eigenvalue weighted by Gasteiger charge is 2.53. The van der Waals surface area contributed by atoms with Gasteiger partial charge in [-0.25, -0.2) is 4.79 Å². The number of nitrogens with zero attached hydrogens (tertiary/aromatic N) is 2. The van der Waals surface area contributed by atoms with E-state index in [-0.39, 0.29) is 23.2 Å². The molecule has 1 aliphatic heterocycles. The zero-order valence-electron chi connectivity index (χ0n) is 28.3. The molecule has 1 aliphatic rings. The molecular weight excluding hydrogens is 633 g/mol. The monoisotopic (exact) mass is 682 g/mol. The molecule has 44 heavy (non-hydrogen) atoms. The van der Waals surface area contributed by atoms with Gasteiger partial charge in [-0.2, -0.15) is 0 Å². The number of benzene rings is 1. The Hall–Kier alpha value is -1.75. The molecular formula is C31H50N2O7S2Si2. The summed E-state index contributed by atoms with van der Waals surface area (Å²) in [6.45, 7) is 22.1. The highest BCUT2D eigenvalue weighted by molar-refractivity contribution is 8.22. The summed E-state index contributed by atoms with van der Waals surface area (Å²) in [5.41, 5.74) is -0.119. The molecule has 0 aliphatic carbocycles. The fraction of sp³-hybridized carbons (Fsp3) is 0.645. The average Bonchev–Trinajstić information content (AvgIpc) is 3.24. The second kappa shape index (κ2) is 13.9. The molecule has 0 spiro atoms. The Balaban J connectivity index is 2.11. The first-order valence-corrected chi connectivity index (χ1v) is 22.3. The van der Waals surface area contributed by atoms with Gasteiger partial charge in [0.2, 0.25) is 4.38 Å². The number of methoxy groups -OCH3 is 1. The fourth-order valence-electron chi connectivity index (χ4n) is 4.30. The van der Waals surface area contributed by atoms with E-state index < -0.39 is 52.4 Å². The van der Waals surface area contributed by atoms with E-state index in [1.165, 1.54) is 33.2 Å². The summed E-state index contributed by atoms with van der Waals surface area (Å²) >= 11 is 6.86. The molecule has 0 bridgehead atoms. The molecule has 1 fully saturated rings. The number of hydrogen-bond acceptors (Lipinski definition) is 9. The van der Waals surface area contributed by atoms with Crippen molar-refractivity contribution in [1.29, 1.82) is 0 Å². The molecule has 2 aromatic rings. The van der Waals surface area contributed by atoms with Crippen LogP contribution in [0.5, 0.6) is 5.75 Å². The lowest BCUT2D eigenvalue weighted by molar-refractivity contribution is -0.0513. The molecule has 1 saturated heterocycles. The molecule has 246 valence electrons. The van der Waals surface area contributed by atoms with Crippen molar-refractivity contribution in [3.8, 4) is 5.75 Å². The van der Waals surface area contributed by atoms with Crippen LogP contribution in [-0.2, 0) is 24.9 Å². The SMILES string of the molecule is COc1ccc(Cn2c(=O)ccn([C@@H]3O[C@H](CO[Si](C)(C)C(C)(C)C)[C@@H](OC(=S)SC)[C@H]3O[Si](C)(C)C(C)(C)C)c2=O)cc1. The van der Waals surface area contributed by atoms with E-state index >= 15 is 0 Å². The molecule has 4 atom stereocenters. The lowest BCUT2D eigenvalue weighted by Gasteiger charge is -2.40. The van der Waals surface area contributed by atoms with Crippen molar-refractivity contribution in [2.24, 2.45) is 0 Å². The minimum Gasteiger partial charge on any atom is -0.497 e. The van der Waals surface area contributed by atoms with Crippen molar-refractivity contribution in [1.82, 2.24) is 9.13 Å². The number of aromatic nitrogens is 2. The zero-order valence-corrected chi connectivity index (χ0v) is 31.9. The summed E-state index contributed by atoms with van der Waals surface area (Å²) in [5.74, 6) is 0.691. The molecule has 2 heterocycles. The van der Waals surface area contributed by atoms with Crippen LogP contribution in [0, 0.1) is 0 Å². The van der Waals surface area contributed by atoms with Crippen LogP contribution >= 0.6 is 24.0 Å². The van der Waals surface area contributed by atoms with Crippen molar-refractivity contribution in [3.05, 3.63) is 62.9 Å². The van der Waals surface area contributed by atoms with E-state index in [1.807, 2.05) is 18.4 Å². The van der Waals surface area contributed by atoms with Gasteiger partial charge in [-0.15, -0.1) is 0 Å². The first-order valence-electron chi connectivity index (χ1n) is 14.9.